The first kappa shape index (κ1) is 38.3. The van der Waals surface area contributed by atoms with Gasteiger partial charge >= 0.3 is 0 Å². The summed E-state index contributed by atoms with van der Waals surface area (Å²) in [5.74, 6) is 0.333. The molecule has 0 amide bonds. The van der Waals surface area contributed by atoms with Gasteiger partial charge in [-0.2, -0.15) is 0 Å². The van der Waals surface area contributed by atoms with Crippen LogP contribution in [0.3, 0.4) is 0 Å². The van der Waals surface area contributed by atoms with Crippen LogP contribution in [0.4, 0.5) is 0 Å². The van der Waals surface area contributed by atoms with Crippen LogP contribution in [0.1, 0.15) is 94.5 Å². The molecule has 1 aliphatic rings. The Morgan fingerprint density at radius 2 is 0.709 bits per heavy atom. The van der Waals surface area contributed by atoms with E-state index in [2.05, 4.69) is 197 Å². The van der Waals surface area contributed by atoms with Crippen molar-refractivity contribution in [3.05, 3.63) is 216 Å². The van der Waals surface area contributed by atoms with Gasteiger partial charge in [0.15, 0.2) is 8.07 Å². The van der Waals surface area contributed by atoms with Gasteiger partial charge in [-0.15, -0.1) is 0 Å². The molecule has 1 aliphatic carbocycles. The van der Waals surface area contributed by atoms with Crippen LogP contribution in [-0.2, 0) is 19.3 Å². The fourth-order valence-electron chi connectivity index (χ4n) is 9.81. The monoisotopic (exact) mass is 734 g/mol. The molecule has 7 rings (SSSR count). The molecular formula is C54H58Si. The summed E-state index contributed by atoms with van der Waals surface area (Å²) in [6.07, 6.45) is 2.77. The topological polar surface area (TPSA) is 0 Å². The van der Waals surface area contributed by atoms with Gasteiger partial charge in [0.25, 0.3) is 0 Å². The molecule has 0 bridgehead atoms. The Kier molecular flexibility index (Phi) is 10.9. The van der Waals surface area contributed by atoms with Gasteiger partial charge in [0.1, 0.15) is 0 Å². The summed E-state index contributed by atoms with van der Waals surface area (Å²) in [4.78, 5) is 0. The molecule has 55 heavy (non-hydrogen) atoms. The second kappa shape index (κ2) is 15.6. The lowest BCUT2D eigenvalue weighted by Crippen LogP contribution is -2.72. The summed E-state index contributed by atoms with van der Waals surface area (Å²) >= 11 is 0. The molecule has 6 aromatic rings. The third kappa shape index (κ3) is 7.16. The average molecular weight is 735 g/mol. The molecule has 6 aromatic carbocycles. The predicted octanol–water partition coefficient (Wildman–Crippen LogP) is 11.6. The average Bonchev–Trinajstić information content (AvgIpc) is 3.36. The maximum atomic E-state index is 2.61. The van der Waals surface area contributed by atoms with Crippen molar-refractivity contribution in [2.75, 3.05) is 0 Å². The first-order valence-electron chi connectivity index (χ1n) is 20.2. The van der Waals surface area contributed by atoms with Crippen LogP contribution in [0.2, 0.25) is 0 Å². The molecule has 0 saturated heterocycles. The molecular weight excluding hydrogens is 677 g/mol. The number of rotatable bonds is 10. The minimum atomic E-state index is -3.04. The van der Waals surface area contributed by atoms with E-state index in [0.717, 1.165) is 19.3 Å². The molecule has 0 N–H and O–H groups in total. The lowest BCUT2D eigenvalue weighted by Gasteiger charge is -2.43. The van der Waals surface area contributed by atoms with Crippen molar-refractivity contribution < 1.29 is 0 Å². The Morgan fingerprint density at radius 3 is 0.982 bits per heavy atom. The van der Waals surface area contributed by atoms with Crippen LogP contribution in [0.25, 0.3) is 0 Å². The van der Waals surface area contributed by atoms with Crippen LogP contribution in [0.15, 0.2) is 149 Å². The lowest BCUT2D eigenvalue weighted by molar-refractivity contribution is 0.851. The molecule has 0 nitrogen and oxygen atoms in total. The Hall–Kier alpha value is -4.98. The van der Waals surface area contributed by atoms with Crippen molar-refractivity contribution in [3.8, 4) is 0 Å². The van der Waals surface area contributed by atoms with E-state index in [0.29, 0.717) is 5.92 Å². The van der Waals surface area contributed by atoms with Crippen LogP contribution in [0, 0.1) is 47.5 Å². The van der Waals surface area contributed by atoms with Crippen molar-refractivity contribution in [1.82, 2.24) is 0 Å². The van der Waals surface area contributed by atoms with E-state index in [4.69, 9.17) is 0 Å². The Balaban J connectivity index is 1.65. The van der Waals surface area contributed by atoms with E-state index < -0.39 is 8.07 Å². The third-order valence-electron chi connectivity index (χ3n) is 12.9. The normalized spacial score (nSPS) is 14.6. The molecule has 0 heterocycles. The zero-order valence-corrected chi connectivity index (χ0v) is 35.8. The zero-order valence-electron chi connectivity index (χ0n) is 34.8. The summed E-state index contributed by atoms with van der Waals surface area (Å²) < 4.78 is 0. The third-order valence-corrected chi connectivity index (χ3v) is 18.5. The van der Waals surface area contributed by atoms with Crippen LogP contribution < -0.4 is 15.6 Å². The van der Waals surface area contributed by atoms with Crippen molar-refractivity contribution in [3.63, 3.8) is 0 Å². The Morgan fingerprint density at radius 1 is 0.400 bits per heavy atom. The molecule has 278 valence electrons. The van der Waals surface area contributed by atoms with E-state index in [1.165, 1.54) is 83.5 Å². The van der Waals surface area contributed by atoms with Crippen molar-refractivity contribution >= 4 is 23.6 Å². The van der Waals surface area contributed by atoms with Crippen LogP contribution in [0.5, 0.6) is 0 Å². The SMILES string of the molecule is CC1=C(C)C(C)C([Si](c2cc(C)cc(Cc3ccccc3)c2C)(c2cc(C)cc(Cc3ccccc3)c2C)c2cc(C)cc(Cc3ccccc3)c2C)=C1C. The first-order valence-corrected chi connectivity index (χ1v) is 22.2. The Bertz CT molecular complexity index is 2190. The molecule has 0 saturated carbocycles. The number of aryl methyl sites for hydroxylation is 3. The fourth-order valence-corrected chi connectivity index (χ4v) is 16.7. The van der Waals surface area contributed by atoms with Gasteiger partial charge in [-0.05, 0) is 159 Å². The van der Waals surface area contributed by atoms with Crippen molar-refractivity contribution in [2.24, 2.45) is 5.92 Å². The summed E-state index contributed by atoms with van der Waals surface area (Å²) in [6.45, 7) is 24.1. The minimum absolute atomic E-state index is 0.333. The van der Waals surface area contributed by atoms with Gasteiger partial charge in [0, 0.05) is 0 Å². The van der Waals surface area contributed by atoms with Crippen LogP contribution >= 0.6 is 0 Å². The molecule has 0 aromatic heterocycles. The first-order chi connectivity index (χ1) is 26.4. The van der Waals surface area contributed by atoms with Gasteiger partial charge < -0.3 is 0 Å². The molecule has 0 fully saturated rings. The summed E-state index contributed by atoms with van der Waals surface area (Å²) in [7, 11) is -3.04. The highest BCUT2D eigenvalue weighted by molar-refractivity contribution is 7.17. The standard InChI is InChI=1S/C54H58Si/c1-35-26-48(32-45-20-14-11-15-21-45)42(8)51(29-35)55(54-40(6)38(4)39(5)41(54)7,52-30-36(2)27-49(43(52)9)33-46-22-16-12-17-23-46)53-31-37(3)28-50(44(53)10)34-47-24-18-13-19-25-47/h11-31,40H,32-34H2,1-10H3. The largest absolute Gasteiger partial charge is 0.177 e. The van der Waals surface area contributed by atoms with E-state index in [1.54, 1.807) is 20.8 Å². The predicted molar refractivity (Wildman–Crippen MR) is 240 cm³/mol. The van der Waals surface area contributed by atoms with E-state index >= 15 is 0 Å². The molecule has 1 unspecified atom stereocenters. The number of allylic oxidation sites excluding steroid dienone is 4. The maximum absolute atomic E-state index is 3.04. The van der Waals surface area contributed by atoms with E-state index in [-0.39, 0.29) is 0 Å². The second-order valence-corrected chi connectivity index (χ2v) is 20.3. The maximum Gasteiger partial charge on any atom is 0.177 e. The highest BCUT2D eigenvalue weighted by atomic mass is 28.3. The molecule has 1 atom stereocenters. The van der Waals surface area contributed by atoms with Gasteiger partial charge in [-0.25, -0.2) is 0 Å². The van der Waals surface area contributed by atoms with E-state index in [1.807, 2.05) is 0 Å². The summed E-state index contributed by atoms with van der Waals surface area (Å²) in [5, 5.41) is 6.34. The van der Waals surface area contributed by atoms with Crippen molar-refractivity contribution in [2.45, 2.75) is 88.5 Å². The summed E-state index contributed by atoms with van der Waals surface area (Å²) in [6, 6.07) is 48.4. The molecule has 0 aliphatic heterocycles. The molecule has 0 spiro atoms. The van der Waals surface area contributed by atoms with Crippen molar-refractivity contribution in [1.29, 1.82) is 0 Å². The minimum Gasteiger partial charge on any atom is -0.0636 e. The number of hydrogen-bond donors (Lipinski definition) is 0. The quantitative estimate of drug-likeness (QED) is 0.0971. The number of benzene rings is 6. The molecule has 1 heteroatoms. The lowest BCUT2D eigenvalue weighted by atomic mass is 9.98. The number of hydrogen-bond acceptors (Lipinski definition) is 0. The van der Waals surface area contributed by atoms with Gasteiger partial charge in [-0.3, -0.25) is 0 Å². The van der Waals surface area contributed by atoms with Gasteiger partial charge in [0.2, 0.25) is 0 Å². The molecule has 0 radical (unpaired) electrons. The highest BCUT2D eigenvalue weighted by Crippen LogP contribution is 2.43. The summed E-state index contributed by atoms with van der Waals surface area (Å²) in [5.41, 5.74) is 21.3. The van der Waals surface area contributed by atoms with Crippen LogP contribution in [-0.4, -0.2) is 8.07 Å². The second-order valence-electron chi connectivity index (χ2n) is 16.6. The smallest absolute Gasteiger partial charge is 0.0636 e. The zero-order chi connectivity index (χ0) is 39.0. The van der Waals surface area contributed by atoms with E-state index in [9.17, 15) is 0 Å². The highest BCUT2D eigenvalue weighted by Gasteiger charge is 2.51. The van der Waals surface area contributed by atoms with Gasteiger partial charge in [-0.1, -0.05) is 167 Å². The van der Waals surface area contributed by atoms with Gasteiger partial charge in [0.05, 0.1) is 0 Å². The Labute approximate surface area is 332 Å². The fraction of sp³-hybridized carbons (Fsp3) is 0.259.